The van der Waals surface area contributed by atoms with E-state index in [1.54, 1.807) is 13.8 Å². The van der Waals surface area contributed by atoms with Crippen LogP contribution in [-0.2, 0) is 9.59 Å². The third kappa shape index (κ3) is 5.32. The smallest absolute Gasteiger partial charge is 0.237 e. The monoisotopic (exact) mass is 251 g/mol. The maximum atomic E-state index is 11.9. The van der Waals surface area contributed by atoms with Gasteiger partial charge in [0.05, 0.1) is 12.5 Å². The molecule has 0 saturated heterocycles. The van der Waals surface area contributed by atoms with Gasteiger partial charge in [-0.2, -0.15) is 0 Å². The van der Waals surface area contributed by atoms with Crippen LogP contribution in [0.15, 0.2) is 0 Å². The second kappa shape index (κ2) is 7.46. The number of hydrogen-bond acceptors (Lipinski definition) is 3. The van der Waals surface area contributed by atoms with Crippen LogP contribution in [0.5, 0.6) is 0 Å². The summed E-state index contributed by atoms with van der Waals surface area (Å²) in [6.07, 6.45) is 0. The first-order valence-corrected chi connectivity index (χ1v) is 5.11. The van der Waals surface area contributed by atoms with E-state index in [1.165, 1.54) is 4.90 Å². The average Bonchev–Trinajstić information content (AvgIpc) is 2.10. The summed E-state index contributed by atoms with van der Waals surface area (Å²) in [6.45, 7) is 7.16. The van der Waals surface area contributed by atoms with Gasteiger partial charge in [0, 0.05) is 12.1 Å². The second-order valence-corrected chi connectivity index (χ2v) is 4.17. The molecule has 0 saturated carbocycles. The van der Waals surface area contributed by atoms with Crippen LogP contribution in [0.4, 0.5) is 0 Å². The van der Waals surface area contributed by atoms with E-state index in [0.29, 0.717) is 0 Å². The third-order valence-electron chi connectivity index (χ3n) is 2.41. The highest BCUT2D eigenvalue weighted by molar-refractivity contribution is 5.85. The summed E-state index contributed by atoms with van der Waals surface area (Å²) in [5, 5.41) is 0. The van der Waals surface area contributed by atoms with Crippen molar-refractivity contribution in [2.24, 2.45) is 17.4 Å². The van der Waals surface area contributed by atoms with E-state index in [0.717, 1.165) is 0 Å². The van der Waals surface area contributed by atoms with Gasteiger partial charge in [0.2, 0.25) is 11.8 Å². The Labute approximate surface area is 103 Å². The Hall–Kier alpha value is -0.810. The molecule has 5 nitrogen and oxygen atoms in total. The van der Waals surface area contributed by atoms with Crippen LogP contribution in [0.25, 0.3) is 0 Å². The van der Waals surface area contributed by atoms with Gasteiger partial charge >= 0.3 is 0 Å². The van der Waals surface area contributed by atoms with Gasteiger partial charge in [-0.3, -0.25) is 9.59 Å². The lowest BCUT2D eigenvalue weighted by Crippen LogP contribution is -2.48. The van der Waals surface area contributed by atoms with Crippen molar-refractivity contribution in [3.63, 3.8) is 0 Å². The number of halogens is 1. The first kappa shape index (κ1) is 17.6. The Morgan fingerprint density at radius 2 is 1.62 bits per heavy atom. The van der Waals surface area contributed by atoms with Gasteiger partial charge in [0.1, 0.15) is 0 Å². The zero-order valence-corrected chi connectivity index (χ0v) is 11.1. The molecule has 0 aromatic carbocycles. The van der Waals surface area contributed by atoms with Crippen LogP contribution < -0.4 is 11.5 Å². The van der Waals surface area contributed by atoms with Crippen LogP contribution in [-0.4, -0.2) is 35.3 Å². The molecule has 2 atom stereocenters. The molecule has 2 amide bonds. The van der Waals surface area contributed by atoms with Crippen molar-refractivity contribution in [2.75, 3.05) is 6.54 Å². The van der Waals surface area contributed by atoms with Gasteiger partial charge in [-0.1, -0.05) is 6.92 Å². The Morgan fingerprint density at radius 1 is 1.19 bits per heavy atom. The Morgan fingerprint density at radius 3 is 1.88 bits per heavy atom. The van der Waals surface area contributed by atoms with E-state index < -0.39 is 5.91 Å². The van der Waals surface area contributed by atoms with Crippen molar-refractivity contribution in [2.45, 2.75) is 39.8 Å². The van der Waals surface area contributed by atoms with E-state index in [2.05, 4.69) is 0 Å². The summed E-state index contributed by atoms with van der Waals surface area (Å²) in [5.41, 5.74) is 10.7. The van der Waals surface area contributed by atoms with Crippen molar-refractivity contribution in [1.82, 2.24) is 4.90 Å². The number of rotatable bonds is 5. The molecule has 0 aromatic heterocycles. The van der Waals surface area contributed by atoms with E-state index in [1.807, 2.05) is 13.8 Å². The molecule has 2 unspecified atom stereocenters. The molecule has 6 heteroatoms. The van der Waals surface area contributed by atoms with Gasteiger partial charge in [-0.25, -0.2) is 0 Å². The summed E-state index contributed by atoms with van der Waals surface area (Å²) in [5.74, 6) is -0.931. The maximum Gasteiger partial charge on any atom is 0.237 e. The average molecular weight is 252 g/mol. The van der Waals surface area contributed by atoms with Crippen molar-refractivity contribution < 1.29 is 9.59 Å². The molecule has 0 aliphatic rings. The highest BCUT2D eigenvalue weighted by atomic mass is 35.5. The SMILES string of the molecule is CC(N)C(C)C(=O)N(CC(N)=O)C(C)C.Cl. The van der Waals surface area contributed by atoms with Crippen LogP contribution >= 0.6 is 12.4 Å². The number of hydrogen-bond donors (Lipinski definition) is 2. The summed E-state index contributed by atoms with van der Waals surface area (Å²) >= 11 is 0. The van der Waals surface area contributed by atoms with Crippen LogP contribution in [0, 0.1) is 5.92 Å². The molecule has 0 bridgehead atoms. The minimum atomic E-state index is -0.506. The first-order valence-electron chi connectivity index (χ1n) is 5.11. The number of carbonyl (C=O) groups excluding carboxylic acids is 2. The third-order valence-corrected chi connectivity index (χ3v) is 2.41. The largest absolute Gasteiger partial charge is 0.368 e. The molecule has 4 N–H and O–H groups in total. The predicted molar refractivity (Wildman–Crippen MR) is 66.1 cm³/mol. The Bertz CT molecular complexity index is 244. The number of primary amides is 1. The zero-order chi connectivity index (χ0) is 12.2. The molecule has 0 radical (unpaired) electrons. The molecular weight excluding hydrogens is 230 g/mol. The van der Waals surface area contributed by atoms with E-state index >= 15 is 0 Å². The first-order chi connectivity index (χ1) is 6.77. The standard InChI is InChI=1S/C10H21N3O2.ClH/c1-6(2)13(5-9(12)14)10(15)7(3)8(4)11;/h6-8H,5,11H2,1-4H3,(H2,12,14);1H. The lowest BCUT2D eigenvalue weighted by atomic mass is 10.0. The van der Waals surface area contributed by atoms with Gasteiger partial charge in [0.15, 0.2) is 0 Å². The molecule has 0 rings (SSSR count). The van der Waals surface area contributed by atoms with Gasteiger partial charge < -0.3 is 16.4 Å². The summed E-state index contributed by atoms with van der Waals surface area (Å²) < 4.78 is 0. The van der Waals surface area contributed by atoms with E-state index in [9.17, 15) is 9.59 Å². The second-order valence-electron chi connectivity index (χ2n) is 4.17. The summed E-state index contributed by atoms with van der Waals surface area (Å²) in [4.78, 5) is 24.2. The van der Waals surface area contributed by atoms with Crippen LogP contribution in [0.1, 0.15) is 27.7 Å². The lowest BCUT2D eigenvalue weighted by Gasteiger charge is -2.29. The zero-order valence-electron chi connectivity index (χ0n) is 10.3. The molecule has 0 heterocycles. The van der Waals surface area contributed by atoms with Crippen molar-refractivity contribution in [1.29, 1.82) is 0 Å². The molecule has 0 spiro atoms. The highest BCUT2D eigenvalue weighted by Crippen LogP contribution is 2.09. The van der Waals surface area contributed by atoms with Gasteiger partial charge in [0.25, 0.3) is 0 Å². The molecular formula is C10H22ClN3O2. The Balaban J connectivity index is 0. The van der Waals surface area contributed by atoms with Crippen molar-refractivity contribution >= 4 is 24.2 Å². The fourth-order valence-corrected chi connectivity index (χ4v) is 1.17. The minimum absolute atomic E-state index is 0. The molecule has 16 heavy (non-hydrogen) atoms. The fraction of sp³-hybridized carbons (Fsp3) is 0.800. The molecule has 0 aromatic rings. The van der Waals surface area contributed by atoms with E-state index in [4.69, 9.17) is 11.5 Å². The lowest BCUT2D eigenvalue weighted by molar-refractivity contribution is -0.140. The topological polar surface area (TPSA) is 89.4 Å². The molecule has 0 aliphatic carbocycles. The minimum Gasteiger partial charge on any atom is -0.368 e. The van der Waals surface area contributed by atoms with Gasteiger partial charge in [-0.05, 0) is 20.8 Å². The predicted octanol–water partition coefficient (Wildman–Crippen LogP) is 0.114. The Kier molecular flexibility index (Phi) is 8.20. The number of nitrogens with zero attached hydrogens (tertiary/aromatic N) is 1. The number of amides is 2. The summed E-state index contributed by atoms with van der Waals surface area (Å²) in [6, 6.07) is -0.280. The molecule has 96 valence electrons. The van der Waals surface area contributed by atoms with Crippen molar-refractivity contribution in [3.8, 4) is 0 Å². The van der Waals surface area contributed by atoms with Gasteiger partial charge in [-0.15, -0.1) is 12.4 Å². The van der Waals surface area contributed by atoms with E-state index in [-0.39, 0.29) is 42.9 Å². The molecule has 0 fully saturated rings. The fourth-order valence-electron chi connectivity index (χ4n) is 1.17. The van der Waals surface area contributed by atoms with Crippen LogP contribution in [0.3, 0.4) is 0 Å². The van der Waals surface area contributed by atoms with Crippen molar-refractivity contribution in [3.05, 3.63) is 0 Å². The normalized spacial score (nSPS) is 13.9. The van der Waals surface area contributed by atoms with Crippen LogP contribution in [0.2, 0.25) is 0 Å². The maximum absolute atomic E-state index is 11.9. The quantitative estimate of drug-likeness (QED) is 0.727. The molecule has 0 aliphatic heterocycles. The highest BCUT2D eigenvalue weighted by Gasteiger charge is 2.26. The summed E-state index contributed by atoms with van der Waals surface area (Å²) in [7, 11) is 0. The number of nitrogens with two attached hydrogens (primary N) is 2. The number of carbonyl (C=O) groups is 2.